The molecule has 0 aliphatic carbocycles. The van der Waals surface area contributed by atoms with Gasteiger partial charge in [-0.25, -0.2) is 9.37 Å². The van der Waals surface area contributed by atoms with Crippen LogP contribution in [-0.2, 0) is 5.54 Å². The average molecular weight is 263 g/mol. The number of aromatic nitrogens is 1. The summed E-state index contributed by atoms with van der Waals surface area (Å²) < 4.78 is 26.3. The van der Waals surface area contributed by atoms with Gasteiger partial charge in [-0.1, -0.05) is 12.1 Å². The van der Waals surface area contributed by atoms with Crippen molar-refractivity contribution in [2.45, 2.75) is 18.5 Å². The van der Waals surface area contributed by atoms with Gasteiger partial charge in [0.2, 0.25) is 5.95 Å². The lowest BCUT2D eigenvalue weighted by atomic mass is 9.79. The van der Waals surface area contributed by atoms with Crippen molar-refractivity contribution in [2.75, 3.05) is 0 Å². The van der Waals surface area contributed by atoms with Gasteiger partial charge < -0.3 is 11.5 Å². The van der Waals surface area contributed by atoms with E-state index in [4.69, 9.17) is 11.5 Å². The molecule has 1 aromatic heterocycles. The Hall–Kier alpha value is -1.85. The van der Waals surface area contributed by atoms with Crippen molar-refractivity contribution >= 4 is 0 Å². The first-order valence-corrected chi connectivity index (χ1v) is 5.87. The molecule has 2 aromatic rings. The van der Waals surface area contributed by atoms with E-state index in [0.29, 0.717) is 11.1 Å². The van der Waals surface area contributed by atoms with E-state index in [0.717, 1.165) is 0 Å². The normalized spacial score (nSPS) is 15.8. The molecule has 2 atom stereocenters. The molecule has 0 aliphatic rings. The second kappa shape index (κ2) is 5.03. The molecule has 0 radical (unpaired) electrons. The van der Waals surface area contributed by atoms with Crippen LogP contribution >= 0.6 is 0 Å². The Labute approximate surface area is 110 Å². The van der Waals surface area contributed by atoms with E-state index in [1.54, 1.807) is 25.1 Å². The molecule has 1 heterocycles. The first-order valence-electron chi connectivity index (χ1n) is 5.87. The van der Waals surface area contributed by atoms with Gasteiger partial charge in [0.25, 0.3) is 0 Å². The Balaban J connectivity index is 2.58. The third kappa shape index (κ3) is 2.47. The van der Waals surface area contributed by atoms with Gasteiger partial charge in [-0.3, -0.25) is 0 Å². The number of hydrogen-bond donors (Lipinski definition) is 2. The summed E-state index contributed by atoms with van der Waals surface area (Å²) in [6.07, 6.45) is 1.33. The first kappa shape index (κ1) is 13.6. The molecule has 100 valence electrons. The smallest absolute Gasteiger partial charge is 0.213 e. The molecule has 0 spiro atoms. The van der Waals surface area contributed by atoms with E-state index < -0.39 is 17.5 Å². The third-order valence-electron chi connectivity index (χ3n) is 3.24. The van der Waals surface area contributed by atoms with Crippen molar-refractivity contribution in [3.05, 3.63) is 65.5 Å². The summed E-state index contributed by atoms with van der Waals surface area (Å²) in [5.74, 6) is -0.994. The minimum Gasteiger partial charge on any atom is -0.326 e. The van der Waals surface area contributed by atoms with Crippen LogP contribution in [0.5, 0.6) is 0 Å². The maximum Gasteiger partial charge on any atom is 0.213 e. The molecule has 0 aliphatic heterocycles. The van der Waals surface area contributed by atoms with Crippen molar-refractivity contribution in [3.8, 4) is 0 Å². The molecule has 3 nitrogen and oxygen atoms in total. The van der Waals surface area contributed by atoms with Gasteiger partial charge in [0, 0.05) is 12.2 Å². The van der Waals surface area contributed by atoms with Gasteiger partial charge in [-0.2, -0.15) is 4.39 Å². The summed E-state index contributed by atoms with van der Waals surface area (Å²) in [4.78, 5) is 3.50. The molecule has 0 bridgehead atoms. The lowest BCUT2D eigenvalue weighted by Crippen LogP contribution is -2.51. The molecular formula is C14H15F2N3. The van der Waals surface area contributed by atoms with Gasteiger partial charge >= 0.3 is 0 Å². The Morgan fingerprint density at radius 3 is 2.26 bits per heavy atom. The van der Waals surface area contributed by atoms with Crippen molar-refractivity contribution < 1.29 is 8.78 Å². The molecule has 2 rings (SSSR count). The largest absolute Gasteiger partial charge is 0.326 e. The molecule has 0 saturated heterocycles. The number of halogens is 2. The Kier molecular flexibility index (Phi) is 3.59. The highest BCUT2D eigenvalue weighted by molar-refractivity contribution is 5.39. The Morgan fingerprint density at radius 1 is 1.11 bits per heavy atom. The predicted octanol–water partition coefficient (Wildman–Crippen LogP) is 1.91. The number of pyridine rings is 1. The lowest BCUT2D eigenvalue weighted by Gasteiger charge is -2.34. The minimum absolute atomic E-state index is 0.364. The molecule has 4 N–H and O–H groups in total. The highest BCUT2D eigenvalue weighted by Crippen LogP contribution is 2.29. The standard InChI is InChI=1S/C14H15F2N3/c1-9(17)14(18,10-2-4-12(15)5-3-10)11-6-7-19-13(16)8-11/h2-9H,17-18H2,1H3/t9-,14-/m0/s1. The van der Waals surface area contributed by atoms with Gasteiger partial charge in [-0.15, -0.1) is 0 Å². The summed E-state index contributed by atoms with van der Waals surface area (Å²) in [5.41, 5.74) is 12.3. The van der Waals surface area contributed by atoms with Crippen LogP contribution in [0, 0.1) is 11.8 Å². The highest BCUT2D eigenvalue weighted by Gasteiger charge is 2.34. The summed E-state index contributed by atoms with van der Waals surface area (Å²) >= 11 is 0. The maximum absolute atomic E-state index is 13.3. The summed E-state index contributed by atoms with van der Waals surface area (Å²) in [6, 6.07) is 8.07. The van der Waals surface area contributed by atoms with E-state index in [2.05, 4.69) is 4.98 Å². The molecule has 0 unspecified atom stereocenters. The molecule has 0 fully saturated rings. The fourth-order valence-electron chi connectivity index (χ4n) is 2.08. The highest BCUT2D eigenvalue weighted by atomic mass is 19.1. The van der Waals surface area contributed by atoms with Gasteiger partial charge in [0.1, 0.15) is 5.82 Å². The second-order valence-electron chi connectivity index (χ2n) is 4.53. The maximum atomic E-state index is 13.3. The van der Waals surface area contributed by atoms with E-state index in [9.17, 15) is 8.78 Å². The van der Waals surface area contributed by atoms with E-state index in [1.807, 2.05) is 0 Å². The van der Waals surface area contributed by atoms with E-state index in [-0.39, 0.29) is 5.82 Å². The molecule has 0 saturated carbocycles. The zero-order chi connectivity index (χ0) is 14.0. The van der Waals surface area contributed by atoms with Gasteiger partial charge in [0.15, 0.2) is 0 Å². The van der Waals surface area contributed by atoms with Crippen molar-refractivity contribution in [2.24, 2.45) is 11.5 Å². The molecular weight excluding hydrogens is 248 g/mol. The van der Waals surface area contributed by atoms with Gasteiger partial charge in [-0.05, 0) is 42.3 Å². The first-order chi connectivity index (χ1) is 8.94. The fourth-order valence-corrected chi connectivity index (χ4v) is 2.08. The van der Waals surface area contributed by atoms with Crippen LogP contribution < -0.4 is 11.5 Å². The van der Waals surface area contributed by atoms with Crippen LogP contribution in [0.15, 0.2) is 42.6 Å². The summed E-state index contributed by atoms with van der Waals surface area (Å²) in [5, 5.41) is 0. The molecule has 1 aromatic carbocycles. The van der Waals surface area contributed by atoms with Crippen LogP contribution in [0.25, 0.3) is 0 Å². The van der Waals surface area contributed by atoms with E-state index >= 15 is 0 Å². The minimum atomic E-state index is -1.10. The number of rotatable bonds is 3. The Morgan fingerprint density at radius 2 is 1.74 bits per heavy atom. The predicted molar refractivity (Wildman–Crippen MR) is 69.2 cm³/mol. The van der Waals surface area contributed by atoms with E-state index in [1.165, 1.54) is 24.4 Å². The number of benzene rings is 1. The van der Waals surface area contributed by atoms with Crippen LogP contribution in [0.2, 0.25) is 0 Å². The number of nitrogens with two attached hydrogens (primary N) is 2. The second-order valence-corrected chi connectivity index (χ2v) is 4.53. The van der Waals surface area contributed by atoms with Crippen molar-refractivity contribution in [3.63, 3.8) is 0 Å². The SMILES string of the molecule is C[C@H](N)[C@](N)(c1ccc(F)cc1)c1ccnc(F)c1. The summed E-state index contributed by atoms with van der Waals surface area (Å²) in [7, 11) is 0. The number of hydrogen-bond acceptors (Lipinski definition) is 3. The fraction of sp³-hybridized carbons (Fsp3) is 0.214. The lowest BCUT2D eigenvalue weighted by molar-refractivity contribution is 0.440. The molecule has 5 heteroatoms. The zero-order valence-corrected chi connectivity index (χ0v) is 10.5. The van der Waals surface area contributed by atoms with Crippen molar-refractivity contribution in [1.82, 2.24) is 4.98 Å². The van der Waals surface area contributed by atoms with Crippen LogP contribution in [0.1, 0.15) is 18.1 Å². The third-order valence-corrected chi connectivity index (χ3v) is 3.24. The summed E-state index contributed by atoms with van der Waals surface area (Å²) in [6.45, 7) is 1.72. The molecule has 0 amide bonds. The van der Waals surface area contributed by atoms with Gasteiger partial charge in [0.05, 0.1) is 5.54 Å². The Bertz CT molecular complexity index is 569. The quantitative estimate of drug-likeness (QED) is 0.831. The average Bonchev–Trinajstić information content (AvgIpc) is 2.38. The monoisotopic (exact) mass is 263 g/mol. The zero-order valence-electron chi connectivity index (χ0n) is 10.5. The van der Waals surface area contributed by atoms with Crippen LogP contribution in [0.4, 0.5) is 8.78 Å². The number of nitrogens with zero attached hydrogens (tertiary/aromatic N) is 1. The van der Waals surface area contributed by atoms with Crippen molar-refractivity contribution in [1.29, 1.82) is 0 Å². The topological polar surface area (TPSA) is 64.9 Å². The van der Waals surface area contributed by atoms with Crippen LogP contribution in [0.3, 0.4) is 0 Å². The molecule has 19 heavy (non-hydrogen) atoms. The van der Waals surface area contributed by atoms with Crippen LogP contribution in [-0.4, -0.2) is 11.0 Å².